The van der Waals surface area contributed by atoms with Crippen LogP contribution in [0.3, 0.4) is 0 Å². The number of benzene rings is 7. The van der Waals surface area contributed by atoms with E-state index in [1.54, 1.807) is 12.3 Å². The van der Waals surface area contributed by atoms with Crippen molar-refractivity contribution in [3.63, 3.8) is 0 Å². The van der Waals surface area contributed by atoms with E-state index in [4.69, 9.17) is 14.4 Å². The van der Waals surface area contributed by atoms with E-state index in [0.717, 1.165) is 83.0 Å². The van der Waals surface area contributed by atoms with E-state index in [1.807, 2.05) is 85.1 Å². The third-order valence-electron chi connectivity index (χ3n) is 12.8. The molecule has 0 amide bonds. The van der Waals surface area contributed by atoms with Crippen molar-refractivity contribution in [1.82, 2.24) is 14.5 Å². The van der Waals surface area contributed by atoms with Crippen LogP contribution in [0.1, 0.15) is 22.3 Å². The molecular formula is C53H31N3O3S. The van der Waals surface area contributed by atoms with Crippen LogP contribution in [0.15, 0.2) is 203 Å². The van der Waals surface area contributed by atoms with E-state index in [9.17, 15) is 0 Å². The van der Waals surface area contributed by atoms with Gasteiger partial charge in [0.1, 0.15) is 22.6 Å². The summed E-state index contributed by atoms with van der Waals surface area (Å²) in [7, 11) is -3.98. The SMILES string of the molecule is O=S1(=O)c2ccccc2C2(c3ccccc3-c3ccccc3-c3ccc(-c4ccc5c(c4)c4cccnc4n5-c4ccccn4)cc32)c2cc3oc4ccccc4c3cc21. The van der Waals surface area contributed by atoms with Crippen molar-refractivity contribution in [2.24, 2.45) is 0 Å². The number of sulfone groups is 1. The lowest BCUT2D eigenvalue weighted by molar-refractivity contribution is 0.579. The topological polar surface area (TPSA) is 78.0 Å². The maximum Gasteiger partial charge on any atom is 0.207 e. The molecule has 4 aromatic heterocycles. The molecule has 60 heavy (non-hydrogen) atoms. The van der Waals surface area contributed by atoms with Gasteiger partial charge in [-0.15, -0.1) is 0 Å². The van der Waals surface area contributed by atoms with Crippen molar-refractivity contribution >= 4 is 53.7 Å². The fourth-order valence-corrected chi connectivity index (χ4v) is 12.1. The molecule has 0 saturated carbocycles. The molecule has 0 fully saturated rings. The number of pyridine rings is 2. The van der Waals surface area contributed by atoms with Gasteiger partial charge in [0.05, 0.1) is 20.7 Å². The first-order chi connectivity index (χ1) is 29.5. The number of aromatic nitrogens is 3. The van der Waals surface area contributed by atoms with Crippen molar-refractivity contribution in [3.8, 4) is 39.2 Å². The highest BCUT2D eigenvalue weighted by Crippen LogP contribution is 2.60. The van der Waals surface area contributed by atoms with Crippen LogP contribution in [0.2, 0.25) is 0 Å². The molecule has 1 aliphatic carbocycles. The maximum absolute atomic E-state index is 15.1. The summed E-state index contributed by atoms with van der Waals surface area (Å²) in [5, 5.41) is 3.75. The van der Waals surface area contributed by atoms with Gasteiger partial charge in [-0.05, 0) is 122 Å². The highest BCUT2D eigenvalue weighted by molar-refractivity contribution is 7.91. The van der Waals surface area contributed by atoms with Gasteiger partial charge in [-0.1, -0.05) is 109 Å². The molecule has 0 radical (unpaired) electrons. The number of hydrogen-bond donors (Lipinski definition) is 0. The quantitative estimate of drug-likeness (QED) is 0.174. The van der Waals surface area contributed by atoms with Crippen LogP contribution in [0.5, 0.6) is 0 Å². The first-order valence-corrected chi connectivity index (χ1v) is 21.5. The zero-order chi connectivity index (χ0) is 39.7. The van der Waals surface area contributed by atoms with Crippen molar-refractivity contribution in [2.45, 2.75) is 15.2 Å². The van der Waals surface area contributed by atoms with Crippen molar-refractivity contribution < 1.29 is 12.8 Å². The van der Waals surface area contributed by atoms with Gasteiger partial charge < -0.3 is 4.42 Å². The zero-order valence-corrected chi connectivity index (χ0v) is 32.7. The molecule has 7 heteroatoms. The molecule has 0 N–H and O–H groups in total. The molecule has 1 spiro atoms. The van der Waals surface area contributed by atoms with E-state index in [0.29, 0.717) is 27.2 Å². The third-order valence-corrected chi connectivity index (χ3v) is 14.6. The van der Waals surface area contributed by atoms with Gasteiger partial charge in [0.2, 0.25) is 9.84 Å². The number of nitrogens with zero attached hydrogens (tertiary/aromatic N) is 3. The average molecular weight is 790 g/mol. The zero-order valence-electron chi connectivity index (χ0n) is 31.9. The van der Waals surface area contributed by atoms with E-state index in [-0.39, 0.29) is 4.90 Å². The highest BCUT2D eigenvalue weighted by atomic mass is 32.2. The van der Waals surface area contributed by atoms with Gasteiger partial charge in [0, 0.05) is 33.9 Å². The molecule has 1 unspecified atom stereocenters. The highest BCUT2D eigenvalue weighted by Gasteiger charge is 2.52. The summed E-state index contributed by atoms with van der Waals surface area (Å²) >= 11 is 0. The molecule has 282 valence electrons. The first-order valence-electron chi connectivity index (χ1n) is 20.0. The monoisotopic (exact) mass is 789 g/mol. The fourth-order valence-electron chi connectivity index (χ4n) is 10.3. The molecule has 1 atom stereocenters. The molecule has 1 aliphatic heterocycles. The summed E-state index contributed by atoms with van der Waals surface area (Å²) in [6, 6.07) is 59.6. The van der Waals surface area contributed by atoms with Crippen LogP contribution in [0, 0.1) is 0 Å². The number of para-hydroxylation sites is 1. The summed E-state index contributed by atoms with van der Waals surface area (Å²) in [5.74, 6) is 0.802. The lowest BCUT2D eigenvalue weighted by atomic mass is 9.63. The largest absolute Gasteiger partial charge is 0.456 e. The molecule has 13 rings (SSSR count). The average Bonchev–Trinajstić information content (AvgIpc) is 3.81. The van der Waals surface area contributed by atoms with Gasteiger partial charge in [-0.25, -0.2) is 18.4 Å². The smallest absolute Gasteiger partial charge is 0.207 e. The number of furan rings is 1. The summed E-state index contributed by atoms with van der Waals surface area (Å²) in [4.78, 5) is 10.1. The Morgan fingerprint density at radius 2 is 1.13 bits per heavy atom. The number of rotatable bonds is 2. The molecular weight excluding hydrogens is 759 g/mol. The molecule has 6 nitrogen and oxygen atoms in total. The Morgan fingerprint density at radius 3 is 1.98 bits per heavy atom. The minimum absolute atomic E-state index is 0.286. The fraction of sp³-hybridized carbons (Fsp3) is 0.0189. The molecule has 11 aromatic rings. The Labute approximate surface area is 344 Å². The Kier molecular flexibility index (Phi) is 6.66. The maximum atomic E-state index is 15.1. The van der Waals surface area contributed by atoms with E-state index in [2.05, 4.69) is 95.6 Å². The number of hydrogen-bond acceptors (Lipinski definition) is 5. The van der Waals surface area contributed by atoms with Gasteiger partial charge in [-0.3, -0.25) is 4.57 Å². The summed E-state index contributed by atoms with van der Waals surface area (Å²) < 4.78 is 39.0. The van der Waals surface area contributed by atoms with Crippen LogP contribution in [0.4, 0.5) is 0 Å². The van der Waals surface area contributed by atoms with Crippen molar-refractivity contribution in [3.05, 3.63) is 211 Å². The molecule has 2 aliphatic rings. The second-order valence-corrected chi connectivity index (χ2v) is 17.6. The Morgan fingerprint density at radius 1 is 0.450 bits per heavy atom. The third kappa shape index (κ3) is 4.28. The lowest BCUT2D eigenvalue weighted by Gasteiger charge is -2.42. The first kappa shape index (κ1) is 33.4. The summed E-state index contributed by atoms with van der Waals surface area (Å²) in [5.41, 5.74) is 11.8. The predicted octanol–water partition coefficient (Wildman–Crippen LogP) is 12.3. The molecule has 7 aromatic carbocycles. The number of fused-ring (bicyclic) bond motifs is 17. The van der Waals surface area contributed by atoms with Crippen LogP contribution >= 0.6 is 0 Å². The van der Waals surface area contributed by atoms with Crippen LogP contribution < -0.4 is 0 Å². The lowest BCUT2D eigenvalue weighted by Crippen LogP contribution is -2.38. The standard InChI is InChI=1S/C53H31N3O3S/c57-60(58)49-20-8-6-18-43(49)53(45-31-48-41(30-50(45)60)38-15-4-7-19-47(38)59-48)42-17-5-3-14-36(42)34-12-1-2-13-35(34)37-24-22-33(29-44(37)53)32-23-25-46-40(28-32)39-16-11-27-55-52(39)56(46)51-21-9-10-26-54-51/h1-31H. The van der Waals surface area contributed by atoms with Crippen molar-refractivity contribution in [1.29, 1.82) is 0 Å². The van der Waals surface area contributed by atoms with Gasteiger partial charge in [0.25, 0.3) is 0 Å². The normalized spacial score (nSPS) is 16.0. The molecule has 0 bridgehead atoms. The molecule has 5 heterocycles. The van der Waals surface area contributed by atoms with E-state index >= 15 is 8.42 Å². The minimum atomic E-state index is -3.98. The van der Waals surface area contributed by atoms with E-state index in [1.165, 1.54) is 0 Å². The Hall–Kier alpha value is -7.61. The minimum Gasteiger partial charge on any atom is -0.456 e. The summed E-state index contributed by atoms with van der Waals surface area (Å²) in [6.07, 6.45) is 3.63. The molecule has 0 saturated heterocycles. The van der Waals surface area contributed by atoms with Gasteiger partial charge in [-0.2, -0.15) is 0 Å². The summed E-state index contributed by atoms with van der Waals surface area (Å²) in [6.45, 7) is 0. The van der Waals surface area contributed by atoms with Crippen molar-refractivity contribution in [2.75, 3.05) is 0 Å². The van der Waals surface area contributed by atoms with Gasteiger partial charge in [0.15, 0.2) is 0 Å². The Balaban J connectivity index is 1.17. The predicted molar refractivity (Wildman–Crippen MR) is 237 cm³/mol. The van der Waals surface area contributed by atoms with Crippen LogP contribution in [-0.2, 0) is 15.3 Å². The van der Waals surface area contributed by atoms with Gasteiger partial charge >= 0.3 is 0 Å². The second kappa shape index (κ2) is 12.0. The van der Waals surface area contributed by atoms with Crippen LogP contribution in [0.25, 0.3) is 83.1 Å². The van der Waals surface area contributed by atoms with E-state index < -0.39 is 15.3 Å². The Bertz CT molecular complexity index is 3750. The van der Waals surface area contributed by atoms with Crippen LogP contribution in [-0.4, -0.2) is 23.0 Å². The second-order valence-electron chi connectivity index (χ2n) is 15.7.